The number of fused-ring (bicyclic) bond motifs is 2. The molecule has 0 unspecified atom stereocenters. The molecule has 0 aliphatic carbocycles. The second-order valence-corrected chi connectivity index (χ2v) is 6.41. The van der Waals surface area contributed by atoms with E-state index in [2.05, 4.69) is 15.0 Å². The van der Waals surface area contributed by atoms with Crippen LogP contribution >= 0.6 is 11.6 Å². The number of aliphatic hydroxyl groups is 1. The second kappa shape index (κ2) is 4.99. The van der Waals surface area contributed by atoms with E-state index < -0.39 is 24.2 Å². The van der Waals surface area contributed by atoms with Gasteiger partial charge in [-0.1, -0.05) is 11.6 Å². The highest BCUT2D eigenvalue weighted by Gasteiger charge is 2.51. The van der Waals surface area contributed by atoms with Crippen molar-refractivity contribution in [3.05, 3.63) is 11.5 Å². The molecule has 2 saturated heterocycles. The van der Waals surface area contributed by atoms with Crippen molar-refractivity contribution in [3.63, 3.8) is 0 Å². The summed E-state index contributed by atoms with van der Waals surface area (Å²) in [5.41, 5.74) is 6.43. The molecule has 0 saturated carbocycles. The van der Waals surface area contributed by atoms with Crippen molar-refractivity contribution < 1.29 is 19.3 Å². The summed E-state index contributed by atoms with van der Waals surface area (Å²) in [4.78, 5) is 12.2. The van der Waals surface area contributed by atoms with Crippen molar-refractivity contribution in [2.24, 2.45) is 0 Å². The summed E-state index contributed by atoms with van der Waals surface area (Å²) in [5.74, 6) is -0.740. The van der Waals surface area contributed by atoms with Crippen molar-refractivity contribution in [2.45, 2.75) is 44.2 Å². The number of nitrogens with two attached hydrogens (primary N) is 1. The zero-order chi connectivity index (χ0) is 16.4. The molecule has 124 valence electrons. The highest BCUT2D eigenvalue weighted by atomic mass is 35.5. The van der Waals surface area contributed by atoms with Gasteiger partial charge >= 0.3 is 0 Å². The Bertz CT molecular complexity index is 766. The molecule has 2 aromatic rings. The Balaban J connectivity index is 1.72. The van der Waals surface area contributed by atoms with E-state index in [0.717, 1.165) is 0 Å². The van der Waals surface area contributed by atoms with Gasteiger partial charge in [-0.05, 0) is 13.8 Å². The Morgan fingerprint density at radius 3 is 2.96 bits per heavy atom. The number of hydrogen-bond donors (Lipinski definition) is 2. The SMILES string of the molecule is CC1(C)O[C@@H]2[C@@H](O)[C@H](n3cnc4c(Cl)nc(N)nc43)OC[C@@H]2O1. The molecule has 2 fully saturated rings. The minimum Gasteiger partial charge on any atom is -0.386 e. The van der Waals surface area contributed by atoms with Gasteiger partial charge in [0.05, 0.1) is 12.9 Å². The monoisotopic (exact) mass is 341 g/mol. The third-order valence-electron chi connectivity index (χ3n) is 3.95. The first-order chi connectivity index (χ1) is 10.9. The number of anilines is 1. The maximum absolute atomic E-state index is 10.7. The number of nitrogens with zero attached hydrogens (tertiary/aromatic N) is 4. The van der Waals surface area contributed by atoms with Crippen LogP contribution < -0.4 is 5.73 Å². The number of aliphatic hydroxyl groups excluding tert-OH is 1. The fraction of sp³-hybridized carbons (Fsp3) is 0.615. The van der Waals surface area contributed by atoms with Gasteiger partial charge < -0.3 is 25.1 Å². The van der Waals surface area contributed by atoms with Crippen LogP contribution in [0.15, 0.2) is 6.33 Å². The van der Waals surface area contributed by atoms with Crippen LogP contribution in [0.25, 0.3) is 11.2 Å². The molecular formula is C13H16ClN5O4. The topological polar surface area (TPSA) is 118 Å². The average Bonchev–Trinajstić information content (AvgIpc) is 3.00. The van der Waals surface area contributed by atoms with Crippen molar-refractivity contribution in [1.29, 1.82) is 0 Å². The smallest absolute Gasteiger partial charge is 0.223 e. The Hall–Kier alpha value is -1.52. The van der Waals surface area contributed by atoms with Crippen LogP contribution in [0.4, 0.5) is 5.95 Å². The normalized spacial score (nSPS) is 33.0. The number of hydrogen-bond acceptors (Lipinski definition) is 8. The molecule has 0 amide bonds. The van der Waals surface area contributed by atoms with Crippen molar-refractivity contribution in [3.8, 4) is 0 Å². The number of aromatic nitrogens is 4. The van der Waals surface area contributed by atoms with E-state index >= 15 is 0 Å². The van der Waals surface area contributed by atoms with Gasteiger partial charge in [-0.25, -0.2) is 4.98 Å². The summed E-state index contributed by atoms with van der Waals surface area (Å²) in [6, 6.07) is 0. The van der Waals surface area contributed by atoms with Gasteiger partial charge in [0.25, 0.3) is 0 Å². The summed E-state index contributed by atoms with van der Waals surface area (Å²) < 4.78 is 18.8. The highest BCUT2D eigenvalue weighted by Crippen LogP contribution is 2.38. The number of imidazole rings is 1. The minimum atomic E-state index is -0.956. The first kappa shape index (κ1) is 15.0. The molecule has 2 aliphatic heterocycles. The number of halogens is 1. The predicted molar refractivity (Wildman–Crippen MR) is 79.6 cm³/mol. The molecule has 4 heterocycles. The lowest BCUT2D eigenvalue weighted by Gasteiger charge is -2.35. The molecule has 0 bridgehead atoms. The van der Waals surface area contributed by atoms with E-state index in [0.29, 0.717) is 11.2 Å². The lowest BCUT2D eigenvalue weighted by molar-refractivity contribution is -0.180. The second-order valence-electron chi connectivity index (χ2n) is 6.05. The molecule has 4 atom stereocenters. The van der Waals surface area contributed by atoms with Gasteiger partial charge in [-0.3, -0.25) is 4.57 Å². The zero-order valence-electron chi connectivity index (χ0n) is 12.5. The number of rotatable bonds is 1. The molecule has 10 heteroatoms. The van der Waals surface area contributed by atoms with Crippen LogP contribution in [0.1, 0.15) is 20.1 Å². The lowest BCUT2D eigenvalue weighted by Crippen LogP contribution is -2.49. The van der Waals surface area contributed by atoms with E-state index in [-0.39, 0.29) is 23.8 Å². The minimum absolute atomic E-state index is 0.0222. The Labute approximate surface area is 136 Å². The largest absolute Gasteiger partial charge is 0.386 e. The van der Waals surface area contributed by atoms with E-state index in [1.807, 2.05) is 0 Å². The first-order valence-corrected chi connectivity index (χ1v) is 7.54. The molecule has 3 N–H and O–H groups in total. The van der Waals surface area contributed by atoms with Crippen LogP contribution in [0.3, 0.4) is 0 Å². The molecular weight excluding hydrogens is 326 g/mol. The molecule has 4 rings (SSSR count). The summed E-state index contributed by atoms with van der Waals surface area (Å²) in [5, 5.41) is 10.8. The number of nitrogen functional groups attached to an aromatic ring is 1. The van der Waals surface area contributed by atoms with Crippen LogP contribution in [0.2, 0.25) is 5.15 Å². The number of ether oxygens (including phenoxy) is 3. The van der Waals surface area contributed by atoms with Crippen LogP contribution in [-0.4, -0.2) is 55.3 Å². The maximum Gasteiger partial charge on any atom is 0.223 e. The fourth-order valence-electron chi connectivity index (χ4n) is 3.06. The van der Waals surface area contributed by atoms with Gasteiger partial charge in [0, 0.05) is 0 Å². The third-order valence-corrected chi connectivity index (χ3v) is 4.22. The van der Waals surface area contributed by atoms with E-state index in [9.17, 15) is 5.11 Å². The van der Waals surface area contributed by atoms with Crippen LogP contribution in [0, 0.1) is 0 Å². The van der Waals surface area contributed by atoms with Gasteiger partial charge in [0.1, 0.15) is 23.8 Å². The quantitative estimate of drug-likeness (QED) is 0.719. The molecule has 23 heavy (non-hydrogen) atoms. The molecule has 0 aromatic carbocycles. The standard InChI is InChI=1S/C13H16ClN5O4/c1-13(2)22-5-3-21-11(7(20)8(5)23-13)19-4-16-6-9(14)17-12(15)18-10(6)19/h4-5,7-8,11,20H,3H2,1-2H3,(H2,15,17,18)/t5-,7+,8-,11+/m0/s1. The maximum atomic E-state index is 10.7. The van der Waals surface area contributed by atoms with E-state index in [1.54, 1.807) is 18.4 Å². The van der Waals surface area contributed by atoms with Crippen molar-refractivity contribution >= 4 is 28.7 Å². The van der Waals surface area contributed by atoms with Crippen LogP contribution in [0.5, 0.6) is 0 Å². The van der Waals surface area contributed by atoms with Gasteiger partial charge in [-0.15, -0.1) is 0 Å². The lowest BCUT2D eigenvalue weighted by atomic mass is 10.0. The van der Waals surface area contributed by atoms with Crippen molar-refractivity contribution in [2.75, 3.05) is 12.3 Å². The molecule has 9 nitrogen and oxygen atoms in total. The van der Waals surface area contributed by atoms with Gasteiger partial charge in [-0.2, -0.15) is 9.97 Å². The Kier molecular flexibility index (Phi) is 3.26. The highest BCUT2D eigenvalue weighted by molar-refractivity contribution is 6.33. The van der Waals surface area contributed by atoms with Crippen molar-refractivity contribution in [1.82, 2.24) is 19.5 Å². The first-order valence-electron chi connectivity index (χ1n) is 7.16. The molecule has 0 spiro atoms. The molecule has 0 radical (unpaired) electrons. The third kappa shape index (κ3) is 2.36. The summed E-state index contributed by atoms with van der Waals surface area (Å²) >= 11 is 6.02. The van der Waals surface area contributed by atoms with Crippen LogP contribution in [-0.2, 0) is 14.2 Å². The molecule has 2 aliphatic rings. The molecule has 2 aromatic heterocycles. The summed E-state index contributed by atoms with van der Waals surface area (Å²) in [7, 11) is 0. The fourth-order valence-corrected chi connectivity index (χ4v) is 3.28. The average molecular weight is 342 g/mol. The Morgan fingerprint density at radius 2 is 2.17 bits per heavy atom. The zero-order valence-corrected chi connectivity index (χ0v) is 13.3. The Morgan fingerprint density at radius 1 is 1.39 bits per heavy atom. The van der Waals surface area contributed by atoms with Gasteiger partial charge in [0.15, 0.2) is 22.8 Å². The van der Waals surface area contributed by atoms with E-state index in [4.69, 9.17) is 31.5 Å². The summed E-state index contributed by atoms with van der Waals surface area (Å²) in [6.45, 7) is 3.88. The summed E-state index contributed by atoms with van der Waals surface area (Å²) in [6.07, 6.45) is -1.03. The predicted octanol–water partition coefficient (Wildman–Crippen LogP) is 0.472. The van der Waals surface area contributed by atoms with E-state index in [1.165, 1.54) is 6.33 Å². The van der Waals surface area contributed by atoms with Gasteiger partial charge in [0.2, 0.25) is 5.95 Å².